The van der Waals surface area contributed by atoms with Crippen LogP contribution in [0.15, 0.2) is 0 Å². The van der Waals surface area contributed by atoms with Gasteiger partial charge in [-0.15, -0.1) is 0 Å². The van der Waals surface area contributed by atoms with Crippen molar-refractivity contribution in [1.29, 1.82) is 0 Å². The minimum atomic E-state index is 0. The highest BCUT2D eigenvalue weighted by Gasteiger charge is 2.58. The Morgan fingerprint density at radius 3 is 2.65 bits per heavy atom. The Balaban J connectivity index is 0.00000169. The number of ketones is 1. The van der Waals surface area contributed by atoms with Crippen molar-refractivity contribution >= 4 is 5.78 Å². The number of hydrogen-bond acceptors (Lipinski definition) is 1. The van der Waals surface area contributed by atoms with E-state index in [0.717, 1.165) is 36.5 Å². The molecule has 132 valence electrons. The van der Waals surface area contributed by atoms with Crippen molar-refractivity contribution in [2.45, 2.75) is 97.3 Å². The van der Waals surface area contributed by atoms with Crippen molar-refractivity contribution in [3.63, 3.8) is 0 Å². The summed E-state index contributed by atoms with van der Waals surface area (Å²) in [4.78, 5) is 12.3. The van der Waals surface area contributed by atoms with E-state index in [1.807, 2.05) is 0 Å². The third kappa shape index (κ3) is 2.44. The molecule has 23 heavy (non-hydrogen) atoms. The van der Waals surface area contributed by atoms with Gasteiger partial charge in [-0.2, -0.15) is 0 Å². The molecule has 0 aromatic rings. The maximum absolute atomic E-state index is 12.3. The van der Waals surface area contributed by atoms with Crippen molar-refractivity contribution in [3.05, 3.63) is 0 Å². The largest absolute Gasteiger partial charge is 0.300 e. The number of fused-ring (bicyclic) bond motifs is 5. The Labute approximate surface area is 144 Å². The van der Waals surface area contributed by atoms with Crippen LogP contribution in [-0.2, 0) is 4.79 Å². The lowest BCUT2D eigenvalue weighted by Crippen LogP contribution is -2.52. The van der Waals surface area contributed by atoms with Crippen LogP contribution in [0.3, 0.4) is 0 Å². The third-order valence-corrected chi connectivity index (χ3v) is 9.05. The second-order valence-corrected chi connectivity index (χ2v) is 9.76. The van der Waals surface area contributed by atoms with Crippen molar-refractivity contribution in [1.82, 2.24) is 0 Å². The van der Waals surface area contributed by atoms with E-state index in [2.05, 4.69) is 13.8 Å². The average Bonchev–Trinajstić information content (AvgIpc) is 2.97. The molecule has 1 nitrogen and oxygen atoms in total. The summed E-state index contributed by atoms with van der Waals surface area (Å²) in [5.74, 6) is 4.37. The van der Waals surface area contributed by atoms with Gasteiger partial charge in [-0.25, -0.2) is 0 Å². The molecule has 0 radical (unpaired) electrons. The summed E-state index contributed by atoms with van der Waals surface area (Å²) in [5, 5.41) is 0. The Bertz CT molecular complexity index is 475. The molecule has 4 aliphatic rings. The molecule has 4 fully saturated rings. The zero-order valence-corrected chi connectivity index (χ0v) is 15.4. The van der Waals surface area contributed by atoms with Crippen LogP contribution < -0.4 is 0 Å². The maximum atomic E-state index is 12.3. The lowest BCUT2D eigenvalue weighted by Gasteiger charge is -2.60. The zero-order valence-electron chi connectivity index (χ0n) is 15.4. The van der Waals surface area contributed by atoms with E-state index in [-0.39, 0.29) is 1.43 Å². The molecule has 0 aliphatic heterocycles. The maximum Gasteiger partial charge on any atom is 0.133 e. The quantitative estimate of drug-likeness (QED) is 0.588. The van der Waals surface area contributed by atoms with Gasteiger partial charge in [-0.3, -0.25) is 4.79 Å². The smallest absolute Gasteiger partial charge is 0.133 e. The number of Topliss-reactive ketones (excluding diaryl/α,β-unsaturated/α-hetero) is 1. The Kier molecular flexibility index (Phi) is 4.13. The molecule has 0 aromatic heterocycles. The van der Waals surface area contributed by atoms with E-state index in [9.17, 15) is 4.79 Å². The van der Waals surface area contributed by atoms with Crippen LogP contribution in [-0.4, -0.2) is 5.78 Å². The fourth-order valence-corrected chi connectivity index (χ4v) is 7.91. The zero-order chi connectivity index (χ0) is 16.1. The van der Waals surface area contributed by atoms with E-state index in [4.69, 9.17) is 0 Å². The number of hydrogen-bond donors (Lipinski definition) is 0. The highest BCUT2D eigenvalue weighted by Crippen LogP contribution is 2.67. The molecule has 6 atom stereocenters. The summed E-state index contributed by atoms with van der Waals surface area (Å²) < 4.78 is 0. The molecular formula is C22H38O. The van der Waals surface area contributed by atoms with Gasteiger partial charge in [0, 0.05) is 14.3 Å². The standard InChI is InChI=1S/C22H36O.H2/c1-3-17(23)15-22-13-6-8-20(22)18-10-9-16-7-4-5-12-21(16,2)19(18)11-14-22;/h16,18-20H,3-15H2,1-2H3;1H. The van der Waals surface area contributed by atoms with Gasteiger partial charge in [-0.1, -0.05) is 33.1 Å². The first kappa shape index (κ1) is 16.2. The Morgan fingerprint density at radius 1 is 0.957 bits per heavy atom. The average molecular weight is 319 g/mol. The lowest BCUT2D eigenvalue weighted by molar-refractivity contribution is -0.130. The van der Waals surface area contributed by atoms with E-state index < -0.39 is 0 Å². The van der Waals surface area contributed by atoms with Crippen LogP contribution in [0.2, 0.25) is 0 Å². The van der Waals surface area contributed by atoms with Crippen LogP contribution in [0, 0.1) is 34.5 Å². The summed E-state index contributed by atoms with van der Waals surface area (Å²) >= 11 is 0. The van der Waals surface area contributed by atoms with E-state index in [0.29, 0.717) is 16.6 Å². The fourth-order valence-electron chi connectivity index (χ4n) is 7.91. The molecule has 6 unspecified atom stereocenters. The van der Waals surface area contributed by atoms with Gasteiger partial charge in [0.1, 0.15) is 5.78 Å². The van der Waals surface area contributed by atoms with Gasteiger partial charge < -0.3 is 0 Å². The summed E-state index contributed by atoms with van der Waals surface area (Å²) in [7, 11) is 0. The van der Waals surface area contributed by atoms with Gasteiger partial charge in [0.25, 0.3) is 0 Å². The molecule has 0 amide bonds. The summed E-state index contributed by atoms with van der Waals surface area (Å²) in [6.07, 6.45) is 17.6. The topological polar surface area (TPSA) is 17.1 Å². The summed E-state index contributed by atoms with van der Waals surface area (Å²) in [6, 6.07) is 0. The van der Waals surface area contributed by atoms with Gasteiger partial charge in [0.15, 0.2) is 0 Å². The molecule has 1 heteroatoms. The highest BCUT2D eigenvalue weighted by atomic mass is 16.1. The molecule has 4 saturated carbocycles. The molecule has 0 N–H and O–H groups in total. The molecule has 0 heterocycles. The monoisotopic (exact) mass is 318 g/mol. The van der Waals surface area contributed by atoms with Gasteiger partial charge in [0.2, 0.25) is 0 Å². The fraction of sp³-hybridized carbons (Fsp3) is 0.955. The van der Waals surface area contributed by atoms with Crippen molar-refractivity contribution in [2.75, 3.05) is 0 Å². The molecule has 0 aromatic carbocycles. The summed E-state index contributed by atoms with van der Waals surface area (Å²) in [6.45, 7) is 4.72. The van der Waals surface area contributed by atoms with Gasteiger partial charge in [-0.05, 0) is 85.9 Å². The molecule has 0 spiro atoms. The predicted molar refractivity (Wildman–Crippen MR) is 97.3 cm³/mol. The molecule has 4 aliphatic carbocycles. The first-order valence-corrected chi connectivity index (χ1v) is 10.6. The summed E-state index contributed by atoms with van der Waals surface area (Å²) in [5.41, 5.74) is 1.07. The Morgan fingerprint density at radius 2 is 1.83 bits per heavy atom. The van der Waals surface area contributed by atoms with Gasteiger partial charge in [0.05, 0.1) is 0 Å². The Hall–Kier alpha value is -0.330. The van der Waals surface area contributed by atoms with Crippen LogP contribution >= 0.6 is 0 Å². The van der Waals surface area contributed by atoms with Crippen LogP contribution in [0.4, 0.5) is 0 Å². The van der Waals surface area contributed by atoms with Crippen molar-refractivity contribution in [2.24, 2.45) is 34.5 Å². The second-order valence-electron chi connectivity index (χ2n) is 9.76. The van der Waals surface area contributed by atoms with E-state index in [1.54, 1.807) is 0 Å². The lowest BCUT2D eigenvalue weighted by atomic mass is 9.45. The molecule has 0 saturated heterocycles. The number of carbonyl (C=O) groups excluding carboxylic acids is 1. The molecule has 4 rings (SSSR count). The first-order valence-electron chi connectivity index (χ1n) is 10.6. The van der Waals surface area contributed by atoms with Crippen molar-refractivity contribution in [3.8, 4) is 0 Å². The van der Waals surface area contributed by atoms with Crippen LogP contribution in [0.1, 0.15) is 98.7 Å². The van der Waals surface area contributed by atoms with Crippen LogP contribution in [0.5, 0.6) is 0 Å². The van der Waals surface area contributed by atoms with Crippen LogP contribution in [0.25, 0.3) is 0 Å². The minimum absolute atomic E-state index is 0. The molecular weight excluding hydrogens is 280 g/mol. The molecule has 0 bridgehead atoms. The van der Waals surface area contributed by atoms with E-state index in [1.165, 1.54) is 70.6 Å². The predicted octanol–water partition coefficient (Wildman–Crippen LogP) is 6.40. The highest BCUT2D eigenvalue weighted by molar-refractivity contribution is 5.78. The normalized spacial score (nSPS) is 49.1. The van der Waals surface area contributed by atoms with Crippen molar-refractivity contribution < 1.29 is 6.22 Å². The van der Waals surface area contributed by atoms with Gasteiger partial charge >= 0.3 is 0 Å². The second kappa shape index (κ2) is 5.88. The minimum Gasteiger partial charge on any atom is -0.300 e. The van der Waals surface area contributed by atoms with E-state index >= 15 is 0 Å². The number of carbonyl (C=O) groups is 1. The SMILES string of the molecule is CCC(=O)CC12CCCC1C1CCC3CCCCC3(C)C1CC2.[HH]. The number of rotatable bonds is 3. The first-order chi connectivity index (χ1) is 11.1. The third-order valence-electron chi connectivity index (χ3n) is 9.05.